The van der Waals surface area contributed by atoms with Crippen molar-refractivity contribution < 1.29 is 24.2 Å². The van der Waals surface area contributed by atoms with Crippen molar-refractivity contribution in [1.82, 2.24) is 4.90 Å². The second-order valence-corrected chi connectivity index (χ2v) is 4.50. The van der Waals surface area contributed by atoms with Crippen LogP contribution >= 0.6 is 0 Å². The molecule has 0 spiro atoms. The summed E-state index contributed by atoms with van der Waals surface area (Å²) in [7, 11) is 2.97. The normalized spacial score (nSPS) is 11.8. The number of amides is 1. The van der Waals surface area contributed by atoms with Crippen molar-refractivity contribution in [1.29, 1.82) is 0 Å². The Morgan fingerprint density at radius 2 is 1.85 bits per heavy atom. The van der Waals surface area contributed by atoms with Gasteiger partial charge in [-0.05, 0) is 31.5 Å². The van der Waals surface area contributed by atoms with Crippen LogP contribution in [0.25, 0.3) is 0 Å². The molecule has 1 atom stereocenters. The number of benzene rings is 1. The molecule has 1 amide bonds. The molecule has 0 aliphatic heterocycles. The molecule has 0 aromatic heterocycles. The minimum absolute atomic E-state index is 0.235. The van der Waals surface area contributed by atoms with Crippen LogP contribution in [0.2, 0.25) is 0 Å². The summed E-state index contributed by atoms with van der Waals surface area (Å²) in [4.78, 5) is 23.9. The maximum Gasteiger partial charge on any atom is 0.331 e. The lowest BCUT2D eigenvalue weighted by atomic mass is 10.0. The zero-order chi connectivity index (χ0) is 15.3. The summed E-state index contributed by atoms with van der Waals surface area (Å²) in [5, 5.41) is 9.39. The third-order valence-corrected chi connectivity index (χ3v) is 2.97. The highest BCUT2D eigenvalue weighted by Crippen LogP contribution is 2.32. The Balaban J connectivity index is 3.28. The highest BCUT2D eigenvalue weighted by atomic mass is 16.5. The number of hydrogen-bond acceptors (Lipinski definition) is 4. The number of hydrogen-bond donors (Lipinski definition) is 1. The highest BCUT2D eigenvalue weighted by molar-refractivity contribution is 5.78. The molecule has 0 aliphatic rings. The molecule has 0 saturated carbocycles. The Labute approximate surface area is 117 Å². The molecular weight excluding hydrogens is 262 g/mol. The van der Waals surface area contributed by atoms with Gasteiger partial charge >= 0.3 is 5.97 Å². The van der Waals surface area contributed by atoms with Gasteiger partial charge < -0.3 is 19.5 Å². The van der Waals surface area contributed by atoms with Gasteiger partial charge in [-0.15, -0.1) is 0 Å². The third kappa shape index (κ3) is 3.20. The fourth-order valence-electron chi connectivity index (χ4n) is 1.95. The van der Waals surface area contributed by atoms with Crippen LogP contribution < -0.4 is 9.47 Å². The van der Waals surface area contributed by atoms with Gasteiger partial charge in [-0.3, -0.25) is 4.79 Å². The molecule has 6 heteroatoms. The number of carboxylic acid groups (broad SMARTS) is 1. The number of aliphatic carboxylic acids is 1. The summed E-state index contributed by atoms with van der Waals surface area (Å²) >= 11 is 0. The minimum Gasteiger partial charge on any atom is -0.493 e. The van der Waals surface area contributed by atoms with Crippen LogP contribution in [0.5, 0.6) is 11.5 Å². The molecule has 6 nitrogen and oxygen atoms in total. The SMILES string of the molecule is COc1ccc(C(C(=O)O)N(C=O)C(C)C)cc1OC. The molecule has 1 aromatic carbocycles. The van der Waals surface area contributed by atoms with E-state index in [-0.39, 0.29) is 6.04 Å². The zero-order valence-corrected chi connectivity index (χ0v) is 12.0. The molecule has 1 aromatic rings. The standard InChI is InChI=1S/C14H19NO5/c1-9(2)15(8-16)13(14(17)18)10-5-6-11(19-3)12(7-10)20-4/h5-9,13H,1-4H3,(H,17,18). The number of carbonyl (C=O) groups is 2. The first kappa shape index (κ1) is 15.8. The summed E-state index contributed by atoms with van der Waals surface area (Å²) in [6, 6.07) is 3.50. The van der Waals surface area contributed by atoms with Gasteiger partial charge in [-0.1, -0.05) is 6.07 Å². The lowest BCUT2D eigenvalue weighted by Gasteiger charge is -2.29. The lowest BCUT2D eigenvalue weighted by Crippen LogP contribution is -2.38. The third-order valence-electron chi connectivity index (χ3n) is 2.97. The smallest absolute Gasteiger partial charge is 0.331 e. The Morgan fingerprint density at radius 1 is 1.25 bits per heavy atom. The van der Waals surface area contributed by atoms with E-state index in [9.17, 15) is 14.7 Å². The van der Waals surface area contributed by atoms with E-state index in [4.69, 9.17) is 9.47 Å². The average molecular weight is 281 g/mol. The van der Waals surface area contributed by atoms with Crippen LogP contribution in [0.3, 0.4) is 0 Å². The second-order valence-electron chi connectivity index (χ2n) is 4.50. The van der Waals surface area contributed by atoms with E-state index in [0.717, 1.165) is 0 Å². The van der Waals surface area contributed by atoms with E-state index in [2.05, 4.69) is 0 Å². The van der Waals surface area contributed by atoms with E-state index in [1.54, 1.807) is 32.0 Å². The van der Waals surface area contributed by atoms with Gasteiger partial charge in [0, 0.05) is 6.04 Å². The van der Waals surface area contributed by atoms with Crippen molar-refractivity contribution >= 4 is 12.4 Å². The van der Waals surface area contributed by atoms with Gasteiger partial charge in [-0.25, -0.2) is 4.79 Å². The van der Waals surface area contributed by atoms with Gasteiger partial charge in [0.1, 0.15) is 0 Å². The fraction of sp³-hybridized carbons (Fsp3) is 0.429. The van der Waals surface area contributed by atoms with Crippen LogP contribution in [0, 0.1) is 0 Å². The summed E-state index contributed by atoms with van der Waals surface area (Å²) in [6.07, 6.45) is 0.542. The predicted molar refractivity (Wildman–Crippen MR) is 73.0 cm³/mol. The van der Waals surface area contributed by atoms with Crippen molar-refractivity contribution in [3.8, 4) is 11.5 Å². The molecule has 0 radical (unpaired) electrons. The highest BCUT2D eigenvalue weighted by Gasteiger charge is 2.29. The maximum absolute atomic E-state index is 11.5. The van der Waals surface area contributed by atoms with Gasteiger partial charge in [0.25, 0.3) is 0 Å². The molecule has 20 heavy (non-hydrogen) atoms. The monoisotopic (exact) mass is 281 g/mol. The molecule has 0 bridgehead atoms. The number of carbonyl (C=O) groups excluding carboxylic acids is 1. The number of rotatable bonds is 7. The van der Waals surface area contributed by atoms with E-state index in [1.165, 1.54) is 19.1 Å². The lowest BCUT2D eigenvalue weighted by molar-refractivity contribution is -0.148. The molecule has 110 valence electrons. The summed E-state index contributed by atoms with van der Waals surface area (Å²) < 4.78 is 10.3. The molecule has 1 N–H and O–H groups in total. The van der Waals surface area contributed by atoms with Crippen molar-refractivity contribution in [3.05, 3.63) is 23.8 Å². The van der Waals surface area contributed by atoms with Gasteiger partial charge in [0.2, 0.25) is 6.41 Å². The van der Waals surface area contributed by atoms with Crippen LogP contribution in [-0.4, -0.2) is 42.6 Å². The van der Waals surface area contributed by atoms with E-state index in [1.807, 2.05) is 0 Å². The average Bonchev–Trinajstić information content (AvgIpc) is 2.42. The summed E-state index contributed by atoms with van der Waals surface area (Å²) in [5.41, 5.74) is 0.455. The van der Waals surface area contributed by atoms with Crippen LogP contribution in [0.1, 0.15) is 25.5 Å². The van der Waals surface area contributed by atoms with Crippen molar-refractivity contribution in [2.75, 3.05) is 14.2 Å². The first-order chi connectivity index (χ1) is 9.46. The summed E-state index contributed by atoms with van der Waals surface area (Å²) in [6.45, 7) is 3.51. The minimum atomic E-state index is -1.10. The van der Waals surface area contributed by atoms with Gasteiger partial charge in [0.05, 0.1) is 14.2 Å². The molecular formula is C14H19NO5. The molecule has 0 fully saturated rings. The van der Waals surface area contributed by atoms with Crippen molar-refractivity contribution in [3.63, 3.8) is 0 Å². The molecule has 0 saturated heterocycles. The Bertz CT molecular complexity index is 486. The van der Waals surface area contributed by atoms with Gasteiger partial charge in [-0.2, -0.15) is 0 Å². The number of methoxy groups -OCH3 is 2. The molecule has 0 heterocycles. The topological polar surface area (TPSA) is 76.1 Å². The Morgan fingerprint density at radius 3 is 2.25 bits per heavy atom. The molecule has 1 rings (SSSR count). The largest absolute Gasteiger partial charge is 0.493 e. The quantitative estimate of drug-likeness (QED) is 0.770. The zero-order valence-electron chi connectivity index (χ0n) is 12.0. The van der Waals surface area contributed by atoms with E-state index in [0.29, 0.717) is 23.5 Å². The van der Waals surface area contributed by atoms with Crippen molar-refractivity contribution in [2.45, 2.75) is 25.9 Å². The predicted octanol–water partition coefficient (Wildman–Crippen LogP) is 1.70. The van der Waals surface area contributed by atoms with Gasteiger partial charge in [0.15, 0.2) is 17.5 Å². The number of carboxylic acids is 1. The van der Waals surface area contributed by atoms with E-state index >= 15 is 0 Å². The first-order valence-electron chi connectivity index (χ1n) is 6.13. The van der Waals surface area contributed by atoms with Crippen LogP contribution in [0.4, 0.5) is 0 Å². The van der Waals surface area contributed by atoms with Crippen molar-refractivity contribution in [2.24, 2.45) is 0 Å². The van der Waals surface area contributed by atoms with E-state index < -0.39 is 12.0 Å². The first-order valence-corrected chi connectivity index (χ1v) is 6.13. The Hall–Kier alpha value is -2.24. The fourth-order valence-corrected chi connectivity index (χ4v) is 1.95. The Kier molecular flexibility index (Phi) is 5.37. The number of ether oxygens (including phenoxy) is 2. The molecule has 0 aliphatic carbocycles. The molecule has 1 unspecified atom stereocenters. The maximum atomic E-state index is 11.5. The summed E-state index contributed by atoms with van der Waals surface area (Å²) in [5.74, 6) is -0.175. The second kappa shape index (κ2) is 6.79. The van der Waals surface area contributed by atoms with Crippen LogP contribution in [0.15, 0.2) is 18.2 Å². The van der Waals surface area contributed by atoms with Crippen LogP contribution in [-0.2, 0) is 9.59 Å². The number of nitrogens with zero attached hydrogens (tertiary/aromatic N) is 1.